The van der Waals surface area contributed by atoms with Crippen LogP contribution in [-0.4, -0.2) is 32.1 Å². The van der Waals surface area contributed by atoms with Gasteiger partial charge in [-0.2, -0.15) is 0 Å². The predicted molar refractivity (Wildman–Crippen MR) is 85.9 cm³/mol. The fourth-order valence-corrected chi connectivity index (χ4v) is 3.16. The number of rotatable bonds is 3. The average Bonchev–Trinajstić information content (AvgIpc) is 2.48. The van der Waals surface area contributed by atoms with Gasteiger partial charge in [-0.15, -0.1) is 0 Å². The van der Waals surface area contributed by atoms with E-state index in [9.17, 15) is 4.79 Å². The second kappa shape index (κ2) is 5.90. The Bertz CT molecular complexity index is 685. The molecule has 1 aromatic carbocycles. The third-order valence-electron chi connectivity index (χ3n) is 4.15. The van der Waals surface area contributed by atoms with Gasteiger partial charge in [0.1, 0.15) is 5.58 Å². The van der Waals surface area contributed by atoms with E-state index in [-0.39, 0.29) is 5.63 Å². The van der Waals surface area contributed by atoms with Crippen LogP contribution in [0, 0.1) is 0 Å². The molecular formula is C17H22N2O2. The number of hydrogen-bond donors (Lipinski definition) is 0. The highest BCUT2D eigenvalue weighted by atomic mass is 16.4. The normalized spacial score (nSPS) is 16.3. The van der Waals surface area contributed by atoms with E-state index in [2.05, 4.69) is 4.90 Å². The van der Waals surface area contributed by atoms with Gasteiger partial charge in [0.2, 0.25) is 0 Å². The number of fused-ring (bicyclic) bond motifs is 1. The molecule has 1 aliphatic rings. The third kappa shape index (κ3) is 2.81. The van der Waals surface area contributed by atoms with E-state index >= 15 is 0 Å². The van der Waals surface area contributed by atoms with Crippen LogP contribution in [0.5, 0.6) is 0 Å². The summed E-state index contributed by atoms with van der Waals surface area (Å²) in [6.45, 7) is 2.82. The summed E-state index contributed by atoms with van der Waals surface area (Å²) in [4.78, 5) is 16.8. The van der Waals surface area contributed by atoms with Crippen molar-refractivity contribution in [3.8, 4) is 0 Å². The van der Waals surface area contributed by atoms with Crippen LogP contribution in [0.4, 0.5) is 5.69 Å². The van der Waals surface area contributed by atoms with Gasteiger partial charge in [0.05, 0.1) is 11.3 Å². The van der Waals surface area contributed by atoms with Crippen molar-refractivity contribution in [2.24, 2.45) is 0 Å². The van der Waals surface area contributed by atoms with E-state index < -0.39 is 0 Å². The molecule has 0 atom stereocenters. The topological polar surface area (TPSA) is 36.7 Å². The molecular weight excluding hydrogens is 264 g/mol. The molecule has 0 bridgehead atoms. The summed E-state index contributed by atoms with van der Waals surface area (Å²) in [7, 11) is 3.97. The van der Waals surface area contributed by atoms with Gasteiger partial charge in [0, 0.05) is 26.0 Å². The van der Waals surface area contributed by atoms with Crippen molar-refractivity contribution in [1.29, 1.82) is 0 Å². The van der Waals surface area contributed by atoms with Crippen LogP contribution < -0.4 is 10.5 Å². The zero-order valence-electron chi connectivity index (χ0n) is 12.8. The van der Waals surface area contributed by atoms with Crippen LogP contribution >= 0.6 is 0 Å². The Balaban J connectivity index is 2.09. The van der Waals surface area contributed by atoms with Crippen molar-refractivity contribution in [3.05, 3.63) is 40.2 Å². The van der Waals surface area contributed by atoms with Gasteiger partial charge in [-0.05, 0) is 38.1 Å². The number of nitrogens with zero attached hydrogens (tertiary/aromatic N) is 2. The summed E-state index contributed by atoms with van der Waals surface area (Å²) in [5, 5.41) is 1.01. The fraction of sp³-hybridized carbons (Fsp3) is 0.471. The zero-order valence-corrected chi connectivity index (χ0v) is 12.8. The summed E-state index contributed by atoms with van der Waals surface area (Å²) in [5.74, 6) is 0. The highest BCUT2D eigenvalue weighted by Gasteiger charge is 2.19. The largest absolute Gasteiger partial charge is 0.422 e. The predicted octanol–water partition coefficient (Wildman–Crippen LogP) is 2.84. The lowest BCUT2D eigenvalue weighted by molar-refractivity contribution is 0.219. The lowest BCUT2D eigenvalue weighted by Gasteiger charge is -2.28. The van der Waals surface area contributed by atoms with Crippen LogP contribution in [0.1, 0.15) is 24.8 Å². The summed E-state index contributed by atoms with van der Waals surface area (Å²) in [5.41, 5.74) is 2.23. The van der Waals surface area contributed by atoms with E-state index in [4.69, 9.17) is 4.42 Å². The van der Waals surface area contributed by atoms with E-state index in [1.54, 1.807) is 0 Å². The van der Waals surface area contributed by atoms with E-state index in [1.165, 1.54) is 19.3 Å². The third-order valence-corrected chi connectivity index (χ3v) is 4.15. The highest BCUT2D eigenvalue weighted by Crippen LogP contribution is 2.28. The summed E-state index contributed by atoms with van der Waals surface area (Å²) < 4.78 is 5.52. The molecule has 4 nitrogen and oxygen atoms in total. The summed E-state index contributed by atoms with van der Waals surface area (Å²) in [6, 6.07) is 7.76. The van der Waals surface area contributed by atoms with Gasteiger partial charge in [0.15, 0.2) is 0 Å². The van der Waals surface area contributed by atoms with Crippen molar-refractivity contribution >= 4 is 16.7 Å². The molecule has 21 heavy (non-hydrogen) atoms. The summed E-state index contributed by atoms with van der Waals surface area (Å²) in [6.07, 6.45) is 3.73. The molecule has 0 unspecified atom stereocenters. The van der Waals surface area contributed by atoms with Crippen molar-refractivity contribution in [2.45, 2.75) is 25.8 Å². The molecule has 0 radical (unpaired) electrons. The molecule has 0 N–H and O–H groups in total. The SMILES string of the molecule is CN(C)c1c(CN2CCCCC2)c(=O)oc2ccccc12. The van der Waals surface area contributed by atoms with Crippen molar-refractivity contribution in [2.75, 3.05) is 32.1 Å². The van der Waals surface area contributed by atoms with Gasteiger partial charge in [-0.1, -0.05) is 18.6 Å². The first kappa shape index (κ1) is 14.1. The molecule has 1 aliphatic heterocycles. The lowest BCUT2D eigenvalue weighted by Crippen LogP contribution is -2.32. The minimum atomic E-state index is -0.206. The van der Waals surface area contributed by atoms with Crippen LogP contribution in [0.25, 0.3) is 11.0 Å². The molecule has 0 amide bonds. The first-order valence-electron chi connectivity index (χ1n) is 7.61. The Labute approximate surface area is 125 Å². The second-order valence-corrected chi connectivity index (χ2v) is 5.94. The molecule has 2 aromatic rings. The summed E-state index contributed by atoms with van der Waals surface area (Å²) >= 11 is 0. The van der Waals surface area contributed by atoms with Crippen LogP contribution in [0.2, 0.25) is 0 Å². The van der Waals surface area contributed by atoms with Crippen molar-refractivity contribution in [3.63, 3.8) is 0 Å². The molecule has 0 spiro atoms. The molecule has 1 saturated heterocycles. The number of piperidine rings is 1. The molecule has 112 valence electrons. The van der Waals surface area contributed by atoms with E-state index in [0.717, 1.165) is 29.7 Å². The monoisotopic (exact) mass is 286 g/mol. The average molecular weight is 286 g/mol. The fourth-order valence-electron chi connectivity index (χ4n) is 3.16. The minimum Gasteiger partial charge on any atom is -0.422 e. The van der Waals surface area contributed by atoms with Crippen molar-refractivity contribution < 1.29 is 4.42 Å². The molecule has 2 heterocycles. The standard InChI is InChI=1S/C17H22N2O2/c1-18(2)16-13-8-4-5-9-15(13)21-17(20)14(16)12-19-10-6-3-7-11-19/h4-5,8-9H,3,6-7,10-12H2,1-2H3. The highest BCUT2D eigenvalue weighted by molar-refractivity contribution is 5.91. The molecule has 3 rings (SSSR count). The zero-order chi connectivity index (χ0) is 14.8. The quantitative estimate of drug-likeness (QED) is 0.813. The molecule has 4 heteroatoms. The Morgan fingerprint density at radius 1 is 1.14 bits per heavy atom. The van der Waals surface area contributed by atoms with Crippen LogP contribution in [0.15, 0.2) is 33.5 Å². The van der Waals surface area contributed by atoms with Gasteiger partial charge < -0.3 is 9.32 Å². The lowest BCUT2D eigenvalue weighted by atomic mass is 10.1. The smallest absolute Gasteiger partial charge is 0.342 e. The maximum absolute atomic E-state index is 12.4. The molecule has 1 fully saturated rings. The first-order valence-corrected chi connectivity index (χ1v) is 7.61. The first-order chi connectivity index (χ1) is 10.2. The van der Waals surface area contributed by atoms with Gasteiger partial charge >= 0.3 is 5.63 Å². The Hall–Kier alpha value is -1.81. The van der Waals surface area contributed by atoms with Crippen LogP contribution in [-0.2, 0) is 6.54 Å². The van der Waals surface area contributed by atoms with Crippen molar-refractivity contribution in [1.82, 2.24) is 4.90 Å². The number of anilines is 1. The number of hydrogen-bond acceptors (Lipinski definition) is 4. The van der Waals surface area contributed by atoms with Crippen LogP contribution in [0.3, 0.4) is 0 Å². The number of likely N-dealkylation sites (tertiary alicyclic amines) is 1. The maximum Gasteiger partial charge on any atom is 0.342 e. The Kier molecular flexibility index (Phi) is 3.97. The van der Waals surface area contributed by atoms with E-state index in [1.807, 2.05) is 43.3 Å². The second-order valence-electron chi connectivity index (χ2n) is 5.94. The molecule has 0 saturated carbocycles. The Morgan fingerprint density at radius 3 is 2.57 bits per heavy atom. The minimum absolute atomic E-state index is 0.206. The number of benzene rings is 1. The van der Waals surface area contributed by atoms with E-state index in [0.29, 0.717) is 12.1 Å². The van der Waals surface area contributed by atoms with Gasteiger partial charge in [-0.3, -0.25) is 4.90 Å². The maximum atomic E-state index is 12.4. The number of para-hydroxylation sites is 1. The van der Waals surface area contributed by atoms with Gasteiger partial charge in [-0.25, -0.2) is 4.79 Å². The molecule has 0 aliphatic carbocycles. The van der Waals surface area contributed by atoms with Gasteiger partial charge in [0.25, 0.3) is 0 Å². The molecule has 1 aromatic heterocycles. The Morgan fingerprint density at radius 2 is 1.86 bits per heavy atom.